The van der Waals surface area contributed by atoms with Gasteiger partial charge in [0.2, 0.25) is 0 Å². The van der Waals surface area contributed by atoms with E-state index in [1.54, 1.807) is 0 Å². The summed E-state index contributed by atoms with van der Waals surface area (Å²) in [7, 11) is 0. The van der Waals surface area contributed by atoms with Crippen molar-refractivity contribution in [3.8, 4) is 17.0 Å². The van der Waals surface area contributed by atoms with E-state index in [0.29, 0.717) is 11.3 Å². The summed E-state index contributed by atoms with van der Waals surface area (Å²) in [5.41, 5.74) is 0.743. The van der Waals surface area contributed by atoms with E-state index in [4.69, 9.17) is 0 Å². The molecule has 2 N–H and O–H groups in total. The van der Waals surface area contributed by atoms with E-state index >= 15 is 0 Å². The van der Waals surface area contributed by atoms with Gasteiger partial charge in [0.15, 0.2) is 0 Å². The van der Waals surface area contributed by atoms with Gasteiger partial charge in [-0.2, -0.15) is 0 Å². The monoisotopic (exact) mass is 205 g/mol. The van der Waals surface area contributed by atoms with Crippen molar-refractivity contribution in [3.63, 3.8) is 0 Å². The number of H-pyrrole nitrogens is 1. The number of nitrogens with zero attached hydrogens (tertiary/aromatic N) is 2. The third-order valence-corrected chi connectivity index (χ3v) is 1.97. The highest BCUT2D eigenvalue weighted by molar-refractivity contribution is 5.71. The molecule has 0 amide bonds. The Hall–Kier alpha value is -2.37. The molecule has 0 saturated carbocycles. The lowest BCUT2D eigenvalue weighted by Gasteiger charge is -2.00. The Bertz CT molecular complexity index is 493. The fourth-order valence-electron chi connectivity index (χ4n) is 1.30. The second-order valence-corrected chi connectivity index (χ2v) is 2.92. The predicted octanol–water partition coefficient (Wildman–Crippen LogP) is 1.69. The quantitative estimate of drug-likeness (QED) is 0.576. The maximum Gasteiger partial charge on any atom is 0.279 e. The molecule has 15 heavy (non-hydrogen) atoms. The minimum absolute atomic E-state index is 0.0230. The molecule has 0 saturated heterocycles. The molecule has 6 heteroatoms. The Kier molecular flexibility index (Phi) is 2.09. The molecule has 2 rings (SSSR count). The smallest absolute Gasteiger partial charge is 0.279 e. The highest BCUT2D eigenvalue weighted by atomic mass is 16.6. The van der Waals surface area contributed by atoms with E-state index in [0.717, 1.165) is 0 Å². The van der Waals surface area contributed by atoms with Crippen LogP contribution in [0.1, 0.15) is 0 Å². The van der Waals surface area contributed by atoms with Gasteiger partial charge in [0.05, 0.1) is 28.7 Å². The van der Waals surface area contributed by atoms with Crippen molar-refractivity contribution in [1.29, 1.82) is 0 Å². The highest BCUT2D eigenvalue weighted by Crippen LogP contribution is 2.31. The molecule has 0 aliphatic heterocycles. The van der Waals surface area contributed by atoms with Crippen LogP contribution >= 0.6 is 0 Å². The van der Waals surface area contributed by atoms with Gasteiger partial charge >= 0.3 is 0 Å². The van der Waals surface area contributed by atoms with Crippen LogP contribution in [0.5, 0.6) is 5.75 Å². The van der Waals surface area contributed by atoms with E-state index in [1.807, 2.05) is 0 Å². The van der Waals surface area contributed by atoms with Gasteiger partial charge in [0.1, 0.15) is 5.75 Å². The zero-order valence-corrected chi connectivity index (χ0v) is 7.54. The lowest BCUT2D eigenvalue weighted by Crippen LogP contribution is -1.91. The number of phenolic OH excluding ortho intramolecular Hbond substituents is 1. The van der Waals surface area contributed by atoms with Gasteiger partial charge in [0.25, 0.3) is 5.69 Å². The molecule has 0 aliphatic carbocycles. The Balaban J connectivity index is 2.63. The number of phenols is 1. The van der Waals surface area contributed by atoms with Crippen LogP contribution in [-0.2, 0) is 0 Å². The molecular formula is C9H7N3O3. The largest absolute Gasteiger partial charge is 0.508 e. The number of aromatic amines is 1. The fraction of sp³-hybridized carbons (Fsp3) is 0. The van der Waals surface area contributed by atoms with Crippen LogP contribution < -0.4 is 0 Å². The Morgan fingerprint density at radius 1 is 1.47 bits per heavy atom. The van der Waals surface area contributed by atoms with Crippen LogP contribution in [0.2, 0.25) is 0 Å². The van der Waals surface area contributed by atoms with Crippen molar-refractivity contribution >= 4 is 5.69 Å². The number of hydrogen-bond acceptors (Lipinski definition) is 4. The summed E-state index contributed by atoms with van der Waals surface area (Å²) in [4.78, 5) is 16.7. The van der Waals surface area contributed by atoms with Gasteiger partial charge in [0, 0.05) is 6.07 Å². The van der Waals surface area contributed by atoms with Crippen LogP contribution in [-0.4, -0.2) is 20.0 Å². The average molecular weight is 205 g/mol. The molecule has 0 aliphatic rings. The summed E-state index contributed by atoms with van der Waals surface area (Å²) < 4.78 is 0. The zero-order valence-electron chi connectivity index (χ0n) is 7.54. The first-order valence-electron chi connectivity index (χ1n) is 4.14. The standard InChI is InChI=1S/C9H7N3O3/c13-6-1-2-9(12(14)15)7(3-6)8-4-10-5-11-8/h1-5,13H,(H,10,11). The van der Waals surface area contributed by atoms with Crippen molar-refractivity contribution < 1.29 is 10.0 Å². The first-order chi connectivity index (χ1) is 7.18. The fourth-order valence-corrected chi connectivity index (χ4v) is 1.30. The molecule has 0 bridgehead atoms. The lowest BCUT2D eigenvalue weighted by molar-refractivity contribution is -0.384. The molecule has 0 spiro atoms. The first-order valence-corrected chi connectivity index (χ1v) is 4.14. The average Bonchev–Trinajstić information content (AvgIpc) is 2.69. The van der Waals surface area contributed by atoms with E-state index < -0.39 is 4.92 Å². The number of nitro benzene ring substituents is 1. The normalized spacial score (nSPS) is 10.1. The third kappa shape index (κ3) is 1.64. The summed E-state index contributed by atoms with van der Waals surface area (Å²) >= 11 is 0. The van der Waals surface area contributed by atoms with Gasteiger partial charge in [-0.05, 0) is 12.1 Å². The Morgan fingerprint density at radius 3 is 2.87 bits per heavy atom. The molecule has 1 aromatic heterocycles. The number of hydrogen-bond donors (Lipinski definition) is 2. The summed E-state index contributed by atoms with van der Waals surface area (Å²) in [6.07, 6.45) is 2.88. The second kappa shape index (κ2) is 3.41. The SMILES string of the molecule is O=[N+]([O-])c1ccc(O)cc1-c1cnc[nH]1. The topological polar surface area (TPSA) is 92.1 Å². The number of aromatic nitrogens is 2. The van der Waals surface area contributed by atoms with Gasteiger partial charge in [-0.1, -0.05) is 0 Å². The maximum atomic E-state index is 10.7. The molecule has 0 fully saturated rings. The molecule has 0 atom stereocenters. The number of rotatable bonds is 2. The van der Waals surface area contributed by atoms with Crippen molar-refractivity contribution in [1.82, 2.24) is 9.97 Å². The molecule has 0 radical (unpaired) electrons. The summed E-state index contributed by atoms with van der Waals surface area (Å²) in [5.74, 6) is -0.0230. The lowest BCUT2D eigenvalue weighted by atomic mass is 10.1. The van der Waals surface area contributed by atoms with Crippen molar-refractivity contribution in [3.05, 3.63) is 40.8 Å². The maximum absolute atomic E-state index is 10.7. The number of benzene rings is 1. The molecule has 2 aromatic rings. The Labute approximate surface area is 84.4 Å². The molecular weight excluding hydrogens is 198 g/mol. The number of imidazole rings is 1. The predicted molar refractivity (Wildman–Crippen MR) is 52.3 cm³/mol. The van der Waals surface area contributed by atoms with Crippen molar-refractivity contribution in [2.24, 2.45) is 0 Å². The minimum Gasteiger partial charge on any atom is -0.508 e. The van der Waals surface area contributed by atoms with Gasteiger partial charge in [-0.3, -0.25) is 10.1 Å². The van der Waals surface area contributed by atoms with Crippen LogP contribution in [0.3, 0.4) is 0 Å². The van der Waals surface area contributed by atoms with Crippen LogP contribution in [0, 0.1) is 10.1 Å². The first kappa shape index (κ1) is 9.20. The Morgan fingerprint density at radius 2 is 2.27 bits per heavy atom. The number of nitro groups is 1. The van der Waals surface area contributed by atoms with E-state index in [9.17, 15) is 15.2 Å². The van der Waals surface area contributed by atoms with Crippen molar-refractivity contribution in [2.75, 3.05) is 0 Å². The second-order valence-electron chi connectivity index (χ2n) is 2.92. The van der Waals surface area contributed by atoms with Gasteiger partial charge < -0.3 is 10.1 Å². The molecule has 6 nitrogen and oxygen atoms in total. The summed E-state index contributed by atoms with van der Waals surface area (Å²) in [6, 6.07) is 3.86. The van der Waals surface area contributed by atoms with Crippen molar-refractivity contribution in [2.45, 2.75) is 0 Å². The summed E-state index contributed by atoms with van der Waals surface area (Å²) in [5, 5.41) is 20.0. The molecule has 76 valence electrons. The van der Waals surface area contributed by atoms with Crippen LogP contribution in [0.4, 0.5) is 5.69 Å². The van der Waals surface area contributed by atoms with E-state index in [-0.39, 0.29) is 11.4 Å². The van der Waals surface area contributed by atoms with Crippen LogP contribution in [0.25, 0.3) is 11.3 Å². The summed E-state index contributed by atoms with van der Waals surface area (Å²) in [6.45, 7) is 0. The van der Waals surface area contributed by atoms with Gasteiger partial charge in [-0.25, -0.2) is 4.98 Å². The van der Waals surface area contributed by atoms with Crippen LogP contribution in [0.15, 0.2) is 30.7 Å². The third-order valence-electron chi connectivity index (χ3n) is 1.97. The minimum atomic E-state index is -0.504. The zero-order chi connectivity index (χ0) is 10.8. The highest BCUT2D eigenvalue weighted by Gasteiger charge is 2.16. The molecule has 1 aromatic carbocycles. The van der Waals surface area contributed by atoms with Gasteiger partial charge in [-0.15, -0.1) is 0 Å². The number of aromatic hydroxyl groups is 1. The number of nitrogens with one attached hydrogen (secondary N) is 1. The van der Waals surface area contributed by atoms with E-state index in [2.05, 4.69) is 9.97 Å². The van der Waals surface area contributed by atoms with E-state index in [1.165, 1.54) is 30.7 Å². The molecule has 0 unspecified atom stereocenters. The molecule has 1 heterocycles.